The normalized spacial score (nSPS) is 23.8. The largest absolute Gasteiger partial charge is 0.408 e. The summed E-state index contributed by atoms with van der Waals surface area (Å²) in [5.74, 6) is -0.635. The maximum atomic E-state index is 13.0. The van der Waals surface area contributed by atoms with Gasteiger partial charge < -0.3 is 10.6 Å². The van der Waals surface area contributed by atoms with E-state index in [4.69, 9.17) is 5.73 Å². The molecular formula is C13H14BrF3N2O. The number of rotatable bonds is 1. The van der Waals surface area contributed by atoms with Gasteiger partial charge in [-0.1, -0.05) is 22.0 Å². The Morgan fingerprint density at radius 3 is 2.65 bits per heavy atom. The summed E-state index contributed by atoms with van der Waals surface area (Å²) in [6.45, 7) is -0.0739. The molecule has 1 fully saturated rings. The molecule has 0 spiro atoms. The van der Waals surface area contributed by atoms with Crippen molar-refractivity contribution in [1.82, 2.24) is 4.90 Å². The van der Waals surface area contributed by atoms with Gasteiger partial charge in [0, 0.05) is 22.6 Å². The predicted octanol–water partition coefficient (Wildman–Crippen LogP) is 2.94. The Bertz CT molecular complexity index is 507. The van der Waals surface area contributed by atoms with Gasteiger partial charge in [-0.15, -0.1) is 0 Å². The van der Waals surface area contributed by atoms with E-state index in [0.717, 1.165) is 4.90 Å². The molecule has 20 heavy (non-hydrogen) atoms. The summed E-state index contributed by atoms with van der Waals surface area (Å²) in [5.41, 5.74) is 5.93. The van der Waals surface area contributed by atoms with Gasteiger partial charge in [-0.2, -0.15) is 13.2 Å². The molecule has 1 saturated heterocycles. The number of carbonyl (C=O) groups is 1. The fraction of sp³-hybridized carbons (Fsp3) is 0.462. The van der Waals surface area contributed by atoms with Crippen molar-refractivity contribution < 1.29 is 18.0 Å². The number of halogens is 4. The molecule has 110 valence electrons. The van der Waals surface area contributed by atoms with Crippen LogP contribution in [0.5, 0.6) is 0 Å². The van der Waals surface area contributed by atoms with E-state index in [1.165, 1.54) is 12.1 Å². The zero-order valence-corrected chi connectivity index (χ0v) is 12.1. The molecule has 2 atom stereocenters. The third-order valence-corrected chi connectivity index (χ3v) is 3.82. The van der Waals surface area contributed by atoms with E-state index in [1.807, 2.05) is 0 Å². The molecule has 0 radical (unpaired) electrons. The Hall–Kier alpha value is -1.08. The van der Waals surface area contributed by atoms with E-state index >= 15 is 0 Å². The summed E-state index contributed by atoms with van der Waals surface area (Å²) in [7, 11) is 0. The van der Waals surface area contributed by atoms with Gasteiger partial charge >= 0.3 is 6.18 Å². The number of nitrogens with two attached hydrogens (primary N) is 1. The van der Waals surface area contributed by atoms with E-state index in [0.29, 0.717) is 4.47 Å². The van der Waals surface area contributed by atoms with E-state index in [2.05, 4.69) is 15.9 Å². The number of alkyl halides is 3. The summed E-state index contributed by atoms with van der Waals surface area (Å²) in [6, 6.07) is 4.17. The predicted molar refractivity (Wildman–Crippen MR) is 72.2 cm³/mol. The number of piperidine rings is 1. The highest BCUT2D eigenvalue weighted by Gasteiger charge is 2.47. The zero-order chi connectivity index (χ0) is 14.9. The molecule has 0 aliphatic carbocycles. The van der Waals surface area contributed by atoms with E-state index < -0.39 is 24.2 Å². The molecule has 1 aliphatic heterocycles. The van der Waals surface area contributed by atoms with Crippen molar-refractivity contribution in [3.05, 3.63) is 34.3 Å². The van der Waals surface area contributed by atoms with Crippen molar-refractivity contribution in [2.24, 2.45) is 5.73 Å². The highest BCUT2D eigenvalue weighted by Crippen LogP contribution is 2.32. The Kier molecular flexibility index (Phi) is 4.39. The molecule has 2 N–H and O–H groups in total. The number of amides is 1. The molecule has 1 amide bonds. The Balaban J connectivity index is 2.29. The summed E-state index contributed by atoms with van der Waals surface area (Å²) in [6.07, 6.45) is -4.31. The molecule has 2 rings (SSSR count). The summed E-state index contributed by atoms with van der Waals surface area (Å²) >= 11 is 3.20. The minimum Gasteiger partial charge on any atom is -0.326 e. The average Bonchev–Trinajstić information content (AvgIpc) is 2.36. The third kappa shape index (κ3) is 3.32. The number of likely N-dealkylation sites (tertiary alicyclic amines) is 1. The molecule has 0 saturated carbocycles. The topological polar surface area (TPSA) is 46.3 Å². The van der Waals surface area contributed by atoms with Gasteiger partial charge in [0.05, 0.1) is 0 Å². The molecule has 0 aromatic heterocycles. The Labute approximate surface area is 123 Å². The smallest absolute Gasteiger partial charge is 0.326 e. The van der Waals surface area contributed by atoms with Crippen molar-refractivity contribution in [2.45, 2.75) is 31.1 Å². The first-order valence-corrected chi connectivity index (χ1v) is 6.97. The summed E-state index contributed by atoms with van der Waals surface area (Å²) in [5, 5.41) is 0. The highest BCUT2D eigenvalue weighted by atomic mass is 79.9. The van der Waals surface area contributed by atoms with Crippen LogP contribution in [0.1, 0.15) is 23.2 Å². The summed E-state index contributed by atoms with van der Waals surface area (Å²) in [4.78, 5) is 13.1. The summed E-state index contributed by atoms with van der Waals surface area (Å²) < 4.78 is 39.7. The van der Waals surface area contributed by atoms with Crippen LogP contribution in [0.4, 0.5) is 13.2 Å². The molecule has 0 unspecified atom stereocenters. The molecule has 1 heterocycles. The molecule has 0 bridgehead atoms. The minimum atomic E-state index is -4.43. The number of hydrogen-bond donors (Lipinski definition) is 1. The number of hydrogen-bond acceptors (Lipinski definition) is 2. The molecular weight excluding hydrogens is 337 g/mol. The average molecular weight is 351 g/mol. The maximum Gasteiger partial charge on any atom is 0.408 e. The molecule has 1 aromatic carbocycles. The van der Waals surface area contributed by atoms with Crippen LogP contribution in [0.2, 0.25) is 0 Å². The standard InChI is InChI=1S/C13H14BrF3N2O/c14-9-3-1-2-8(6-9)12(20)19-7-10(18)4-5-11(19)13(15,16)17/h1-3,6,10-11H,4-5,7,18H2/t10-,11+/m1/s1. The molecule has 1 aromatic rings. The SMILES string of the molecule is N[C@@H]1CC[C@@H](C(F)(F)F)N(C(=O)c2cccc(Br)c2)C1. The van der Waals surface area contributed by atoms with Gasteiger partial charge in [0.25, 0.3) is 5.91 Å². The number of benzene rings is 1. The highest BCUT2D eigenvalue weighted by molar-refractivity contribution is 9.10. The Morgan fingerprint density at radius 2 is 2.05 bits per heavy atom. The lowest BCUT2D eigenvalue weighted by Crippen LogP contribution is -2.56. The second kappa shape index (κ2) is 5.73. The van der Waals surface area contributed by atoms with E-state index in [9.17, 15) is 18.0 Å². The fourth-order valence-electron chi connectivity index (χ4n) is 2.35. The van der Waals surface area contributed by atoms with Crippen LogP contribution in [-0.4, -0.2) is 35.6 Å². The third-order valence-electron chi connectivity index (χ3n) is 3.33. The monoisotopic (exact) mass is 350 g/mol. The van der Waals surface area contributed by atoms with Crippen LogP contribution < -0.4 is 5.73 Å². The minimum absolute atomic E-state index is 0.0739. The number of nitrogens with zero attached hydrogens (tertiary/aromatic N) is 1. The van der Waals surface area contributed by atoms with Crippen LogP contribution in [0.25, 0.3) is 0 Å². The lowest BCUT2D eigenvalue weighted by Gasteiger charge is -2.39. The van der Waals surface area contributed by atoms with Gasteiger partial charge in [0.1, 0.15) is 6.04 Å². The van der Waals surface area contributed by atoms with Gasteiger partial charge in [0.15, 0.2) is 0 Å². The molecule has 3 nitrogen and oxygen atoms in total. The number of carbonyl (C=O) groups excluding carboxylic acids is 1. The van der Waals surface area contributed by atoms with Crippen molar-refractivity contribution in [3.8, 4) is 0 Å². The Morgan fingerprint density at radius 1 is 1.35 bits per heavy atom. The maximum absolute atomic E-state index is 13.0. The van der Waals surface area contributed by atoms with E-state index in [1.54, 1.807) is 12.1 Å². The fourth-order valence-corrected chi connectivity index (χ4v) is 2.75. The van der Waals surface area contributed by atoms with Gasteiger partial charge in [-0.25, -0.2) is 0 Å². The van der Waals surface area contributed by atoms with Crippen LogP contribution >= 0.6 is 15.9 Å². The quantitative estimate of drug-likeness (QED) is 0.846. The second-order valence-corrected chi connectivity index (χ2v) is 5.78. The molecule has 7 heteroatoms. The lowest BCUT2D eigenvalue weighted by atomic mass is 9.97. The lowest BCUT2D eigenvalue weighted by molar-refractivity contribution is -0.184. The van der Waals surface area contributed by atoms with Crippen molar-refractivity contribution in [1.29, 1.82) is 0 Å². The van der Waals surface area contributed by atoms with Crippen LogP contribution in [0, 0.1) is 0 Å². The van der Waals surface area contributed by atoms with Crippen LogP contribution in [0.3, 0.4) is 0 Å². The van der Waals surface area contributed by atoms with Crippen LogP contribution in [-0.2, 0) is 0 Å². The molecule has 1 aliphatic rings. The van der Waals surface area contributed by atoms with Crippen molar-refractivity contribution in [2.75, 3.05) is 6.54 Å². The van der Waals surface area contributed by atoms with Gasteiger partial charge in [0.2, 0.25) is 0 Å². The second-order valence-electron chi connectivity index (χ2n) is 4.86. The van der Waals surface area contributed by atoms with Crippen molar-refractivity contribution >= 4 is 21.8 Å². The zero-order valence-electron chi connectivity index (χ0n) is 10.5. The van der Waals surface area contributed by atoms with E-state index in [-0.39, 0.29) is 24.9 Å². The first-order chi connectivity index (χ1) is 9.29. The first kappa shape index (κ1) is 15.3. The first-order valence-electron chi connectivity index (χ1n) is 6.18. The van der Waals surface area contributed by atoms with Gasteiger partial charge in [-0.3, -0.25) is 4.79 Å². The van der Waals surface area contributed by atoms with Gasteiger partial charge in [-0.05, 0) is 31.0 Å². The van der Waals surface area contributed by atoms with Crippen molar-refractivity contribution in [3.63, 3.8) is 0 Å². The van der Waals surface area contributed by atoms with Crippen LogP contribution in [0.15, 0.2) is 28.7 Å².